The van der Waals surface area contributed by atoms with E-state index in [-0.39, 0.29) is 0 Å². The second kappa shape index (κ2) is 6.41. The fraction of sp³-hybridized carbons (Fsp3) is 0.571. The lowest BCUT2D eigenvalue weighted by Gasteiger charge is -2.27. The van der Waals surface area contributed by atoms with E-state index in [1.54, 1.807) is 0 Å². The SMILES string of the molecule is COC1CCC(COc2cccc(Br)c2)CC1. The van der Waals surface area contributed by atoms with Crippen molar-refractivity contribution >= 4 is 15.9 Å². The molecule has 1 aliphatic rings. The molecule has 1 saturated carbocycles. The van der Waals surface area contributed by atoms with Gasteiger partial charge in [-0.3, -0.25) is 0 Å². The van der Waals surface area contributed by atoms with Crippen molar-refractivity contribution in [1.82, 2.24) is 0 Å². The van der Waals surface area contributed by atoms with Crippen LogP contribution in [0, 0.1) is 5.92 Å². The number of hydrogen-bond donors (Lipinski definition) is 0. The van der Waals surface area contributed by atoms with E-state index >= 15 is 0 Å². The fourth-order valence-electron chi connectivity index (χ4n) is 2.31. The minimum absolute atomic E-state index is 0.470. The van der Waals surface area contributed by atoms with E-state index in [2.05, 4.69) is 15.9 Å². The summed E-state index contributed by atoms with van der Waals surface area (Å²) in [7, 11) is 1.81. The van der Waals surface area contributed by atoms with Crippen LogP contribution in [0.4, 0.5) is 0 Å². The van der Waals surface area contributed by atoms with Crippen LogP contribution in [-0.4, -0.2) is 19.8 Å². The minimum atomic E-state index is 0.470. The van der Waals surface area contributed by atoms with Crippen LogP contribution in [0.5, 0.6) is 5.75 Å². The molecule has 0 saturated heterocycles. The van der Waals surface area contributed by atoms with Crippen LogP contribution in [0.15, 0.2) is 28.7 Å². The van der Waals surface area contributed by atoms with Crippen molar-refractivity contribution in [3.8, 4) is 5.75 Å². The first-order chi connectivity index (χ1) is 8.28. The van der Waals surface area contributed by atoms with Crippen molar-refractivity contribution in [2.75, 3.05) is 13.7 Å². The Labute approximate surface area is 111 Å². The Morgan fingerprint density at radius 2 is 2.00 bits per heavy atom. The number of methoxy groups -OCH3 is 1. The van der Waals surface area contributed by atoms with Crippen LogP contribution in [-0.2, 0) is 4.74 Å². The highest BCUT2D eigenvalue weighted by Crippen LogP contribution is 2.27. The molecule has 0 aliphatic heterocycles. The maximum absolute atomic E-state index is 5.82. The third-order valence-corrected chi connectivity index (χ3v) is 3.90. The van der Waals surface area contributed by atoms with E-state index in [0.29, 0.717) is 12.0 Å². The van der Waals surface area contributed by atoms with Crippen LogP contribution in [0.1, 0.15) is 25.7 Å². The first-order valence-electron chi connectivity index (χ1n) is 6.19. The average molecular weight is 299 g/mol. The summed E-state index contributed by atoms with van der Waals surface area (Å²) in [5, 5.41) is 0. The lowest BCUT2D eigenvalue weighted by atomic mass is 9.88. The molecule has 94 valence electrons. The zero-order valence-corrected chi connectivity index (χ0v) is 11.8. The first kappa shape index (κ1) is 12.9. The Kier molecular flexibility index (Phi) is 4.86. The molecule has 0 atom stereocenters. The average Bonchev–Trinajstić information content (AvgIpc) is 2.37. The van der Waals surface area contributed by atoms with Crippen molar-refractivity contribution in [1.29, 1.82) is 0 Å². The first-order valence-corrected chi connectivity index (χ1v) is 6.98. The van der Waals surface area contributed by atoms with Crippen molar-refractivity contribution in [3.05, 3.63) is 28.7 Å². The molecule has 3 heteroatoms. The minimum Gasteiger partial charge on any atom is -0.493 e. The Hall–Kier alpha value is -0.540. The third-order valence-electron chi connectivity index (χ3n) is 3.41. The standard InChI is InChI=1S/C14H19BrO2/c1-16-13-7-5-11(6-8-13)10-17-14-4-2-3-12(15)9-14/h2-4,9,11,13H,5-8,10H2,1H3. The predicted octanol–water partition coefficient (Wildman–Crippen LogP) is 4.03. The van der Waals surface area contributed by atoms with Gasteiger partial charge in [0, 0.05) is 11.6 Å². The molecule has 0 amide bonds. The van der Waals surface area contributed by atoms with Crippen molar-refractivity contribution in [2.24, 2.45) is 5.92 Å². The maximum Gasteiger partial charge on any atom is 0.120 e. The van der Waals surface area contributed by atoms with Gasteiger partial charge in [0.15, 0.2) is 0 Å². The molecule has 0 heterocycles. The topological polar surface area (TPSA) is 18.5 Å². The molecule has 1 aliphatic carbocycles. The summed E-state index contributed by atoms with van der Waals surface area (Å²) in [4.78, 5) is 0. The predicted molar refractivity (Wildman–Crippen MR) is 72.4 cm³/mol. The van der Waals surface area contributed by atoms with Gasteiger partial charge in [0.2, 0.25) is 0 Å². The summed E-state index contributed by atoms with van der Waals surface area (Å²) in [6.07, 6.45) is 5.24. The van der Waals surface area contributed by atoms with Crippen molar-refractivity contribution in [3.63, 3.8) is 0 Å². The molecule has 1 fully saturated rings. The van der Waals surface area contributed by atoms with E-state index in [1.807, 2.05) is 31.4 Å². The van der Waals surface area contributed by atoms with E-state index in [4.69, 9.17) is 9.47 Å². The monoisotopic (exact) mass is 298 g/mol. The van der Waals surface area contributed by atoms with Gasteiger partial charge in [0.25, 0.3) is 0 Å². The summed E-state index contributed by atoms with van der Waals surface area (Å²) in [5.41, 5.74) is 0. The summed E-state index contributed by atoms with van der Waals surface area (Å²) in [6, 6.07) is 8.03. The van der Waals surface area contributed by atoms with Crippen molar-refractivity contribution < 1.29 is 9.47 Å². The van der Waals surface area contributed by atoms with Crippen LogP contribution in [0.3, 0.4) is 0 Å². The Morgan fingerprint density at radius 3 is 2.65 bits per heavy atom. The van der Waals surface area contributed by atoms with Crippen LogP contribution < -0.4 is 4.74 Å². The smallest absolute Gasteiger partial charge is 0.120 e. The van der Waals surface area contributed by atoms with Gasteiger partial charge in [-0.05, 0) is 49.8 Å². The van der Waals surface area contributed by atoms with Gasteiger partial charge in [-0.15, -0.1) is 0 Å². The summed E-state index contributed by atoms with van der Waals surface area (Å²) >= 11 is 3.45. The maximum atomic E-state index is 5.82. The van der Waals surface area contributed by atoms with E-state index < -0.39 is 0 Å². The van der Waals surface area contributed by atoms with Gasteiger partial charge in [-0.1, -0.05) is 22.0 Å². The molecule has 2 rings (SSSR count). The third kappa shape index (κ3) is 4.00. The quantitative estimate of drug-likeness (QED) is 0.835. The normalized spacial score (nSPS) is 24.6. The summed E-state index contributed by atoms with van der Waals surface area (Å²) in [5.74, 6) is 1.63. The Morgan fingerprint density at radius 1 is 1.24 bits per heavy atom. The lowest BCUT2D eigenvalue weighted by molar-refractivity contribution is 0.0482. The lowest BCUT2D eigenvalue weighted by Crippen LogP contribution is -2.24. The Bertz CT molecular complexity index is 346. The largest absolute Gasteiger partial charge is 0.493 e. The zero-order valence-electron chi connectivity index (χ0n) is 10.2. The number of rotatable bonds is 4. The zero-order chi connectivity index (χ0) is 12.1. The van der Waals surface area contributed by atoms with Gasteiger partial charge in [-0.25, -0.2) is 0 Å². The van der Waals surface area contributed by atoms with Gasteiger partial charge in [0.05, 0.1) is 12.7 Å². The highest BCUT2D eigenvalue weighted by molar-refractivity contribution is 9.10. The number of halogens is 1. The summed E-state index contributed by atoms with van der Waals surface area (Å²) in [6.45, 7) is 0.826. The van der Waals surface area contributed by atoms with Gasteiger partial charge in [0.1, 0.15) is 5.75 Å². The van der Waals surface area contributed by atoms with Gasteiger partial charge in [-0.2, -0.15) is 0 Å². The van der Waals surface area contributed by atoms with Crippen LogP contribution in [0.2, 0.25) is 0 Å². The molecular weight excluding hydrogens is 280 g/mol. The fourth-order valence-corrected chi connectivity index (χ4v) is 2.68. The van der Waals surface area contributed by atoms with E-state index in [1.165, 1.54) is 25.7 Å². The molecule has 0 unspecified atom stereocenters. The highest BCUT2D eigenvalue weighted by atomic mass is 79.9. The highest BCUT2D eigenvalue weighted by Gasteiger charge is 2.21. The molecule has 1 aromatic carbocycles. The Balaban J connectivity index is 1.76. The molecule has 0 radical (unpaired) electrons. The summed E-state index contributed by atoms with van der Waals surface area (Å²) < 4.78 is 12.3. The number of benzene rings is 1. The molecule has 0 spiro atoms. The van der Waals surface area contributed by atoms with Crippen LogP contribution in [0.25, 0.3) is 0 Å². The van der Waals surface area contributed by atoms with E-state index in [0.717, 1.165) is 16.8 Å². The molecule has 0 N–H and O–H groups in total. The molecule has 2 nitrogen and oxygen atoms in total. The van der Waals surface area contributed by atoms with E-state index in [9.17, 15) is 0 Å². The molecule has 17 heavy (non-hydrogen) atoms. The molecular formula is C14H19BrO2. The molecule has 1 aromatic rings. The van der Waals surface area contributed by atoms with Crippen molar-refractivity contribution in [2.45, 2.75) is 31.8 Å². The number of hydrogen-bond acceptors (Lipinski definition) is 2. The molecule has 0 bridgehead atoms. The second-order valence-electron chi connectivity index (χ2n) is 4.65. The molecule has 0 aromatic heterocycles. The number of ether oxygens (including phenoxy) is 2. The van der Waals surface area contributed by atoms with Gasteiger partial charge < -0.3 is 9.47 Å². The second-order valence-corrected chi connectivity index (χ2v) is 5.56. The van der Waals surface area contributed by atoms with Crippen LogP contribution >= 0.6 is 15.9 Å². The van der Waals surface area contributed by atoms with Gasteiger partial charge >= 0.3 is 0 Å².